The smallest absolute Gasteiger partial charge is 0.442 e. The van der Waals surface area contributed by atoms with Crippen molar-refractivity contribution in [3.63, 3.8) is 0 Å². The molecular weight excluding hydrogens is 785 g/mol. The normalized spacial score (nSPS) is 9.74. The van der Waals surface area contributed by atoms with Crippen molar-refractivity contribution < 1.29 is 89.6 Å². The van der Waals surface area contributed by atoms with Crippen molar-refractivity contribution >= 4 is 34.9 Å². The standard InChI is InChI=1S/C16H12ClN2O3.C8H6ClO3.C8H12N2.2Y/c1-9-3-5-12(7-10(9)2)19-16(21)22-15(18-19)13-8-11(17)4-6-14(13)20;1-12-7-3-2-5(9)4-6(7)8(10)11;1-6-3-4-8(10-9)5-7(6)2;;/h3,5-8,20H,1-2H3;3-4H,1H3,(H,10,11);3-5,10H,9H2,1-2H3;;/q2*-1;;;. The van der Waals surface area contributed by atoms with Gasteiger partial charge in [-0.3, -0.25) is 5.84 Å². The number of aryl methyl sites for hydroxylation is 4. The van der Waals surface area contributed by atoms with Crippen LogP contribution in [0.1, 0.15) is 32.6 Å². The summed E-state index contributed by atoms with van der Waals surface area (Å²) in [6.45, 7) is 8.08. The fourth-order valence-electron chi connectivity index (χ4n) is 3.65. The second kappa shape index (κ2) is 19.3. The van der Waals surface area contributed by atoms with E-state index in [9.17, 15) is 14.7 Å². The van der Waals surface area contributed by atoms with E-state index in [0.29, 0.717) is 5.69 Å². The van der Waals surface area contributed by atoms with Crippen molar-refractivity contribution in [2.45, 2.75) is 27.7 Å². The van der Waals surface area contributed by atoms with E-state index < -0.39 is 11.7 Å². The molecule has 4 aromatic carbocycles. The number of nitrogens with two attached hydrogens (primary N) is 1. The summed E-state index contributed by atoms with van der Waals surface area (Å²) >= 11 is 11.4. The number of anilines is 1. The molecule has 5 N–H and O–H groups in total. The third kappa shape index (κ3) is 11.3. The van der Waals surface area contributed by atoms with E-state index in [1.54, 1.807) is 6.07 Å². The molecule has 0 spiro atoms. The van der Waals surface area contributed by atoms with Crippen LogP contribution in [-0.4, -0.2) is 33.1 Å². The Hall–Kier alpha value is -2.56. The van der Waals surface area contributed by atoms with Crippen LogP contribution in [0.2, 0.25) is 10.0 Å². The fourth-order valence-corrected chi connectivity index (χ4v) is 3.98. The summed E-state index contributed by atoms with van der Waals surface area (Å²) in [7, 11) is 1.39. The van der Waals surface area contributed by atoms with Crippen molar-refractivity contribution in [2.75, 3.05) is 12.5 Å². The molecule has 1 aromatic heterocycles. The van der Waals surface area contributed by atoms with Crippen molar-refractivity contribution in [3.05, 3.63) is 121 Å². The number of carbonyl (C=O) groups is 1. The first-order valence-electron chi connectivity index (χ1n) is 12.9. The SMILES string of the molecule is COc1c[c-]c(Cl)cc1C(=O)O.Cc1ccc(-n2nc(-c3cc(Cl)[c-]cc3O)oc2=O)cc1C.Cc1ccc(NN)cc1C.[Y].[Y]. The van der Waals surface area contributed by atoms with Crippen LogP contribution in [0, 0.1) is 39.8 Å². The minimum Gasteiger partial charge on any atom is -0.565 e. The second-order valence-corrected chi connectivity index (χ2v) is 10.3. The van der Waals surface area contributed by atoms with Crippen LogP contribution in [0.15, 0.2) is 69.9 Å². The Kier molecular flexibility index (Phi) is 17.4. The summed E-state index contributed by atoms with van der Waals surface area (Å²) in [6, 6.07) is 22.2. The van der Waals surface area contributed by atoms with E-state index in [-0.39, 0.29) is 104 Å². The molecule has 10 nitrogen and oxygen atoms in total. The van der Waals surface area contributed by atoms with Crippen LogP contribution in [0.3, 0.4) is 0 Å². The van der Waals surface area contributed by atoms with E-state index in [0.717, 1.165) is 21.5 Å². The number of halogens is 2. The van der Waals surface area contributed by atoms with Gasteiger partial charge >= 0.3 is 11.7 Å². The maximum Gasteiger partial charge on any atom is 0.442 e. The molecule has 1 heterocycles. The van der Waals surface area contributed by atoms with Crippen molar-refractivity contribution in [2.24, 2.45) is 5.84 Å². The van der Waals surface area contributed by atoms with Gasteiger partial charge in [0.25, 0.3) is 0 Å². The summed E-state index contributed by atoms with van der Waals surface area (Å²) in [5.41, 5.74) is 9.13. The number of aromatic nitrogens is 2. The number of nitrogens with one attached hydrogen (secondary N) is 1. The molecule has 0 bridgehead atoms. The van der Waals surface area contributed by atoms with Gasteiger partial charge in [-0.2, -0.15) is 16.8 Å². The van der Waals surface area contributed by atoms with Crippen LogP contribution in [0.5, 0.6) is 11.5 Å². The van der Waals surface area contributed by atoms with E-state index in [2.05, 4.69) is 36.5 Å². The summed E-state index contributed by atoms with van der Waals surface area (Å²) in [5, 5.41) is 23.2. The number of carboxylic acids is 1. The summed E-state index contributed by atoms with van der Waals surface area (Å²) in [6.07, 6.45) is 0. The zero-order chi connectivity index (χ0) is 32.6. The number of nitrogens with zero attached hydrogens (tertiary/aromatic N) is 2. The van der Waals surface area contributed by atoms with Gasteiger partial charge in [-0.05, 0) is 85.3 Å². The Morgan fingerprint density at radius 3 is 2.09 bits per heavy atom. The van der Waals surface area contributed by atoms with Crippen molar-refractivity contribution in [1.29, 1.82) is 0 Å². The van der Waals surface area contributed by atoms with Gasteiger partial charge in [0, 0.05) is 82.6 Å². The summed E-state index contributed by atoms with van der Waals surface area (Å²) < 4.78 is 11.1. The maximum atomic E-state index is 12.0. The summed E-state index contributed by atoms with van der Waals surface area (Å²) in [5.74, 6) is 3.65. The van der Waals surface area contributed by atoms with Crippen molar-refractivity contribution in [3.8, 4) is 28.6 Å². The predicted octanol–water partition coefficient (Wildman–Crippen LogP) is 6.70. The monoisotopic (exact) mass is 814 g/mol. The fraction of sp³-hybridized carbons (Fsp3) is 0.156. The Balaban J connectivity index is 0.000000375. The topological polar surface area (TPSA) is 153 Å². The molecule has 2 radical (unpaired) electrons. The first-order chi connectivity index (χ1) is 20.8. The molecule has 0 saturated heterocycles. The van der Waals surface area contributed by atoms with Gasteiger partial charge < -0.3 is 24.8 Å². The minimum absolute atomic E-state index is 0. The molecule has 0 amide bonds. The quantitative estimate of drug-likeness (QED) is 0.0863. The van der Waals surface area contributed by atoms with Gasteiger partial charge in [0.2, 0.25) is 5.89 Å². The zero-order valence-electron chi connectivity index (χ0n) is 25.7. The maximum absolute atomic E-state index is 12.0. The molecule has 0 fully saturated rings. The number of carboxylic acid groups (broad SMARTS) is 1. The van der Waals surface area contributed by atoms with Gasteiger partial charge in [0.15, 0.2) is 0 Å². The zero-order valence-corrected chi connectivity index (χ0v) is 32.9. The minimum atomic E-state index is -1.07. The average molecular weight is 815 g/mol. The molecule has 0 unspecified atom stereocenters. The van der Waals surface area contributed by atoms with Gasteiger partial charge in [-0.15, -0.1) is 52.6 Å². The number of phenolic OH excluding ortho intramolecular Hbond substituents is 1. The number of aromatic hydroxyl groups is 1. The number of methoxy groups -OCH3 is 1. The molecule has 0 aliphatic rings. The summed E-state index contributed by atoms with van der Waals surface area (Å²) in [4.78, 5) is 22.6. The number of aromatic carboxylic acids is 1. The van der Waals surface area contributed by atoms with E-state index in [1.165, 1.54) is 42.5 Å². The van der Waals surface area contributed by atoms with Crippen LogP contribution < -0.4 is 21.8 Å². The van der Waals surface area contributed by atoms with Crippen LogP contribution in [-0.2, 0) is 65.4 Å². The van der Waals surface area contributed by atoms with Gasteiger partial charge in [0.1, 0.15) is 0 Å². The van der Waals surface area contributed by atoms with Crippen LogP contribution in [0.25, 0.3) is 17.1 Å². The third-order valence-electron chi connectivity index (χ3n) is 6.41. The number of nitrogen functional groups attached to an aromatic ring is 1. The predicted molar refractivity (Wildman–Crippen MR) is 170 cm³/mol. The number of rotatable bonds is 5. The molecule has 46 heavy (non-hydrogen) atoms. The largest absolute Gasteiger partial charge is 0.565 e. The first-order valence-corrected chi connectivity index (χ1v) is 13.7. The first kappa shape index (κ1) is 41.5. The second-order valence-electron chi connectivity index (χ2n) is 9.44. The molecule has 0 aliphatic carbocycles. The van der Waals surface area contributed by atoms with Gasteiger partial charge in [0.05, 0.1) is 12.8 Å². The number of hydrogen-bond donors (Lipinski definition) is 4. The Morgan fingerprint density at radius 2 is 1.52 bits per heavy atom. The number of ether oxygens (including phenoxy) is 1. The Bertz CT molecular complexity index is 1850. The molecule has 0 saturated carbocycles. The van der Waals surface area contributed by atoms with Gasteiger partial charge in [-0.1, -0.05) is 22.2 Å². The molecule has 5 rings (SSSR count). The van der Waals surface area contributed by atoms with E-state index in [4.69, 9.17) is 43.3 Å². The Morgan fingerprint density at radius 1 is 0.935 bits per heavy atom. The van der Waals surface area contributed by atoms with Gasteiger partial charge in [-0.25, -0.2) is 9.59 Å². The van der Waals surface area contributed by atoms with Crippen LogP contribution >= 0.6 is 23.2 Å². The number of benzene rings is 4. The molecule has 236 valence electrons. The van der Waals surface area contributed by atoms with Crippen molar-refractivity contribution in [1.82, 2.24) is 9.78 Å². The molecular formula is C32H30Cl2N4O6Y2-2. The van der Waals surface area contributed by atoms with Crippen LogP contribution in [0.4, 0.5) is 5.69 Å². The molecule has 0 aliphatic heterocycles. The molecule has 14 heteroatoms. The Labute approximate surface area is 327 Å². The third-order valence-corrected chi connectivity index (χ3v) is 6.85. The van der Waals surface area contributed by atoms with E-state index in [1.807, 2.05) is 44.2 Å². The number of hydrogen-bond acceptors (Lipinski definition) is 8. The number of hydrazine groups is 1. The number of phenols is 1. The molecule has 0 atom stereocenters. The molecule has 5 aromatic rings. The van der Waals surface area contributed by atoms with E-state index >= 15 is 0 Å². The average Bonchev–Trinajstić information content (AvgIpc) is 3.39.